The second-order valence-electron chi connectivity index (χ2n) is 5.31. The van der Waals surface area contributed by atoms with Gasteiger partial charge in [0.1, 0.15) is 0 Å². The number of oxime groups is 1. The fraction of sp³-hybridized carbons (Fsp3) is 0.412. The van der Waals surface area contributed by atoms with E-state index in [-0.39, 0.29) is 12.0 Å². The van der Waals surface area contributed by atoms with Gasteiger partial charge in [-0.15, -0.1) is 0 Å². The van der Waals surface area contributed by atoms with Gasteiger partial charge in [-0.05, 0) is 18.1 Å². The first kappa shape index (κ1) is 17.0. The summed E-state index contributed by atoms with van der Waals surface area (Å²) in [5, 5.41) is 4.10. The molecule has 0 aliphatic carbocycles. The Morgan fingerprint density at radius 1 is 1.29 bits per heavy atom. The van der Waals surface area contributed by atoms with Crippen LogP contribution in [0.4, 0.5) is 0 Å². The molecule has 0 saturated carbocycles. The van der Waals surface area contributed by atoms with E-state index in [1.807, 2.05) is 42.5 Å². The molecule has 0 amide bonds. The summed E-state index contributed by atoms with van der Waals surface area (Å²) in [7, 11) is 1.32. The van der Waals surface area contributed by atoms with Crippen molar-refractivity contribution in [1.82, 2.24) is 0 Å². The molecule has 21 heavy (non-hydrogen) atoms. The van der Waals surface area contributed by atoms with E-state index in [0.29, 0.717) is 0 Å². The number of esters is 1. The Hall–Kier alpha value is -2.10. The van der Waals surface area contributed by atoms with Crippen LogP contribution in [0.15, 0.2) is 41.6 Å². The van der Waals surface area contributed by atoms with Gasteiger partial charge in [-0.2, -0.15) is 0 Å². The molecule has 0 N–H and O–H groups in total. The lowest BCUT2D eigenvalue weighted by atomic mass is 9.84. The minimum atomic E-state index is -0.445. The summed E-state index contributed by atoms with van der Waals surface area (Å²) in [5.41, 5.74) is 1.74. The summed E-state index contributed by atoms with van der Waals surface area (Å²) in [6.45, 7) is 6.08. The van der Waals surface area contributed by atoms with E-state index in [9.17, 15) is 4.79 Å². The molecule has 4 nitrogen and oxygen atoms in total. The van der Waals surface area contributed by atoms with Crippen LogP contribution in [0.2, 0.25) is 0 Å². The van der Waals surface area contributed by atoms with Crippen LogP contribution in [-0.4, -0.2) is 25.4 Å². The van der Waals surface area contributed by atoms with Crippen LogP contribution in [0.3, 0.4) is 0 Å². The lowest BCUT2D eigenvalue weighted by molar-refractivity contribution is -0.145. The van der Waals surface area contributed by atoms with Crippen molar-refractivity contribution in [3.63, 3.8) is 0 Å². The number of hydrogen-bond acceptors (Lipinski definition) is 4. The molecule has 0 spiro atoms. The van der Waals surface area contributed by atoms with Gasteiger partial charge in [-0.1, -0.05) is 62.3 Å². The minimum absolute atomic E-state index is 0.138. The topological polar surface area (TPSA) is 47.9 Å². The Kier molecular flexibility index (Phi) is 6.66. The van der Waals surface area contributed by atoms with E-state index in [1.54, 1.807) is 0 Å². The predicted octanol–water partition coefficient (Wildman–Crippen LogP) is 3.68. The zero-order valence-corrected chi connectivity index (χ0v) is 13.1. The van der Waals surface area contributed by atoms with Crippen LogP contribution in [0.5, 0.6) is 0 Å². The first-order valence-electron chi connectivity index (χ1n) is 7.00. The van der Waals surface area contributed by atoms with Gasteiger partial charge in [0.2, 0.25) is 6.61 Å². The molecule has 0 aliphatic heterocycles. The highest BCUT2D eigenvalue weighted by Gasteiger charge is 2.21. The van der Waals surface area contributed by atoms with Crippen molar-refractivity contribution in [2.24, 2.45) is 10.6 Å². The molecule has 1 aromatic rings. The fourth-order valence-electron chi connectivity index (χ4n) is 1.51. The molecule has 0 unspecified atom stereocenters. The molecule has 0 aromatic heterocycles. The van der Waals surface area contributed by atoms with E-state index < -0.39 is 5.97 Å². The molecule has 0 radical (unpaired) electrons. The van der Waals surface area contributed by atoms with Crippen molar-refractivity contribution in [2.45, 2.75) is 27.2 Å². The second-order valence-corrected chi connectivity index (χ2v) is 5.31. The van der Waals surface area contributed by atoms with Crippen LogP contribution in [-0.2, 0) is 14.4 Å². The summed E-state index contributed by atoms with van der Waals surface area (Å²) >= 11 is 0. The summed E-state index contributed by atoms with van der Waals surface area (Å²) in [6, 6.07) is 9.97. The van der Waals surface area contributed by atoms with Gasteiger partial charge >= 0.3 is 5.97 Å². The average Bonchev–Trinajstić information content (AvgIpc) is 2.51. The van der Waals surface area contributed by atoms with E-state index >= 15 is 0 Å². The molecule has 0 atom stereocenters. The van der Waals surface area contributed by atoms with E-state index in [2.05, 4.69) is 30.7 Å². The maximum absolute atomic E-state index is 11.1. The largest absolute Gasteiger partial charge is 0.466 e. The monoisotopic (exact) mass is 289 g/mol. The molecule has 0 saturated heterocycles. The number of carbonyl (C=O) groups is 1. The number of methoxy groups -OCH3 is 1. The number of benzene rings is 1. The van der Waals surface area contributed by atoms with Crippen LogP contribution < -0.4 is 0 Å². The highest BCUT2D eigenvalue weighted by molar-refractivity contribution is 6.01. The van der Waals surface area contributed by atoms with Crippen LogP contribution >= 0.6 is 0 Å². The minimum Gasteiger partial charge on any atom is -0.466 e. The Balaban J connectivity index is 2.85. The van der Waals surface area contributed by atoms with Gasteiger partial charge in [-0.3, -0.25) is 0 Å². The Morgan fingerprint density at radius 3 is 2.52 bits per heavy atom. The average molecular weight is 289 g/mol. The zero-order chi connectivity index (χ0) is 15.7. The summed E-state index contributed by atoms with van der Waals surface area (Å²) in [6.07, 6.45) is 4.82. The van der Waals surface area contributed by atoms with Crippen molar-refractivity contribution in [3.05, 3.63) is 42.0 Å². The van der Waals surface area contributed by atoms with Gasteiger partial charge < -0.3 is 9.57 Å². The highest BCUT2D eigenvalue weighted by atomic mass is 16.6. The number of rotatable bonds is 7. The number of carbonyl (C=O) groups excluding carboxylic acids is 1. The van der Waals surface area contributed by atoms with Gasteiger partial charge in [0.05, 0.1) is 12.8 Å². The zero-order valence-electron chi connectivity index (χ0n) is 13.1. The van der Waals surface area contributed by atoms with Crippen molar-refractivity contribution in [3.8, 4) is 0 Å². The van der Waals surface area contributed by atoms with E-state index in [0.717, 1.165) is 17.7 Å². The number of ether oxygens (including phenoxy) is 1. The molecule has 0 bridgehead atoms. The van der Waals surface area contributed by atoms with Crippen molar-refractivity contribution < 1.29 is 14.4 Å². The Labute approximate surface area is 126 Å². The molecule has 0 fully saturated rings. The van der Waals surface area contributed by atoms with Gasteiger partial charge in [-0.25, -0.2) is 4.79 Å². The molecule has 4 heteroatoms. The van der Waals surface area contributed by atoms with Crippen molar-refractivity contribution in [1.29, 1.82) is 0 Å². The lowest BCUT2D eigenvalue weighted by Gasteiger charge is -2.22. The van der Waals surface area contributed by atoms with E-state index in [4.69, 9.17) is 4.84 Å². The molecule has 0 heterocycles. The molecular formula is C17H23NO3. The third-order valence-corrected chi connectivity index (χ3v) is 3.38. The summed E-state index contributed by atoms with van der Waals surface area (Å²) in [4.78, 5) is 16.1. The van der Waals surface area contributed by atoms with Gasteiger partial charge in [0.15, 0.2) is 0 Å². The first-order chi connectivity index (χ1) is 9.99. The quantitative estimate of drug-likeness (QED) is 0.437. The Bertz CT molecular complexity index is 504. The number of nitrogens with zero attached hydrogens (tertiary/aromatic N) is 1. The van der Waals surface area contributed by atoms with Crippen LogP contribution in [0, 0.1) is 5.41 Å². The lowest BCUT2D eigenvalue weighted by Crippen LogP contribution is -2.22. The van der Waals surface area contributed by atoms with Gasteiger partial charge in [0.25, 0.3) is 0 Å². The molecule has 114 valence electrons. The fourth-order valence-corrected chi connectivity index (χ4v) is 1.51. The smallest absolute Gasteiger partial charge is 0.346 e. The first-order valence-corrected chi connectivity index (χ1v) is 7.00. The Morgan fingerprint density at radius 2 is 1.95 bits per heavy atom. The van der Waals surface area contributed by atoms with Crippen LogP contribution in [0.1, 0.15) is 32.8 Å². The molecule has 1 aromatic carbocycles. The SMILES string of the molecule is CCC(C)(C)C(/C=C/c1ccccc1)=N/OCC(=O)OC. The maximum Gasteiger partial charge on any atom is 0.346 e. The van der Waals surface area contributed by atoms with Gasteiger partial charge in [0, 0.05) is 5.41 Å². The van der Waals surface area contributed by atoms with Crippen LogP contribution in [0.25, 0.3) is 6.08 Å². The van der Waals surface area contributed by atoms with E-state index in [1.165, 1.54) is 7.11 Å². The summed E-state index contributed by atoms with van der Waals surface area (Å²) in [5.74, 6) is -0.445. The summed E-state index contributed by atoms with van der Waals surface area (Å²) < 4.78 is 4.52. The maximum atomic E-state index is 11.1. The number of allylic oxidation sites excluding steroid dienone is 1. The normalized spacial score (nSPS) is 12.5. The highest BCUT2D eigenvalue weighted by Crippen LogP contribution is 2.23. The third-order valence-electron chi connectivity index (χ3n) is 3.38. The molecular weight excluding hydrogens is 266 g/mol. The predicted molar refractivity (Wildman–Crippen MR) is 85.0 cm³/mol. The third kappa shape index (κ3) is 5.81. The van der Waals surface area contributed by atoms with Crippen molar-refractivity contribution in [2.75, 3.05) is 13.7 Å². The molecule has 1 rings (SSSR count). The van der Waals surface area contributed by atoms with Crippen molar-refractivity contribution >= 4 is 17.8 Å². The standard InChI is InChI=1S/C17H23NO3/c1-5-17(2,3)15(18-21-13-16(19)20-4)12-11-14-9-7-6-8-10-14/h6-12H,5,13H2,1-4H3/b12-11+,18-15+. The number of hydrogen-bond donors (Lipinski definition) is 0. The second kappa shape index (κ2) is 8.25. The molecule has 0 aliphatic rings.